The summed E-state index contributed by atoms with van der Waals surface area (Å²) < 4.78 is 5.72. The average molecular weight is 154 g/mol. The summed E-state index contributed by atoms with van der Waals surface area (Å²) in [4.78, 5) is 0. The molecule has 1 aliphatic heterocycles. The Bertz CT molecular complexity index is 131. The fraction of sp³-hybridized carbons (Fsp3) is 1.00. The smallest absolute Gasteiger partial charge is 0.0549 e. The number of ether oxygens (including phenoxy) is 1. The SMILES string of the molecule is CC1CC2CCCC(CO1)C2. The van der Waals surface area contributed by atoms with Crippen molar-refractivity contribution >= 4 is 0 Å². The molecule has 0 radical (unpaired) electrons. The van der Waals surface area contributed by atoms with Gasteiger partial charge in [0, 0.05) is 6.61 Å². The van der Waals surface area contributed by atoms with Crippen LogP contribution in [0.1, 0.15) is 39.0 Å². The summed E-state index contributed by atoms with van der Waals surface area (Å²) in [5, 5.41) is 0. The second kappa shape index (κ2) is 3.14. The number of hydrogen-bond donors (Lipinski definition) is 0. The van der Waals surface area contributed by atoms with Crippen LogP contribution in [-0.2, 0) is 4.74 Å². The second-order valence-electron chi connectivity index (χ2n) is 4.28. The van der Waals surface area contributed by atoms with Crippen LogP contribution in [0.5, 0.6) is 0 Å². The highest BCUT2D eigenvalue weighted by Gasteiger charge is 2.27. The molecule has 2 rings (SSSR count). The van der Waals surface area contributed by atoms with E-state index in [9.17, 15) is 0 Å². The van der Waals surface area contributed by atoms with Crippen LogP contribution in [0.2, 0.25) is 0 Å². The Morgan fingerprint density at radius 1 is 1.09 bits per heavy atom. The molecule has 0 N–H and O–H groups in total. The lowest BCUT2D eigenvalue weighted by molar-refractivity contribution is 0.0515. The van der Waals surface area contributed by atoms with Gasteiger partial charge in [-0.1, -0.05) is 12.8 Å². The highest BCUT2D eigenvalue weighted by Crippen LogP contribution is 2.35. The van der Waals surface area contributed by atoms with Gasteiger partial charge in [-0.15, -0.1) is 0 Å². The molecule has 1 nitrogen and oxygen atoms in total. The maximum Gasteiger partial charge on any atom is 0.0549 e. The monoisotopic (exact) mass is 154 g/mol. The third-order valence-electron chi connectivity index (χ3n) is 3.17. The molecule has 2 bridgehead atoms. The molecule has 11 heavy (non-hydrogen) atoms. The van der Waals surface area contributed by atoms with Gasteiger partial charge in [0.2, 0.25) is 0 Å². The van der Waals surface area contributed by atoms with Crippen molar-refractivity contribution in [2.45, 2.75) is 45.1 Å². The zero-order chi connectivity index (χ0) is 7.68. The summed E-state index contributed by atoms with van der Waals surface area (Å²) in [6, 6.07) is 0. The zero-order valence-electron chi connectivity index (χ0n) is 7.38. The Hall–Kier alpha value is -0.0400. The van der Waals surface area contributed by atoms with Crippen molar-refractivity contribution < 1.29 is 4.74 Å². The van der Waals surface area contributed by atoms with Crippen molar-refractivity contribution in [3.63, 3.8) is 0 Å². The van der Waals surface area contributed by atoms with Crippen LogP contribution in [0.4, 0.5) is 0 Å². The van der Waals surface area contributed by atoms with E-state index in [2.05, 4.69) is 6.92 Å². The van der Waals surface area contributed by atoms with Crippen LogP contribution in [0.15, 0.2) is 0 Å². The van der Waals surface area contributed by atoms with E-state index in [-0.39, 0.29) is 0 Å². The van der Waals surface area contributed by atoms with E-state index in [0.29, 0.717) is 6.10 Å². The van der Waals surface area contributed by atoms with E-state index in [0.717, 1.165) is 18.4 Å². The predicted octanol–water partition coefficient (Wildman–Crippen LogP) is 2.60. The second-order valence-corrected chi connectivity index (χ2v) is 4.28. The van der Waals surface area contributed by atoms with E-state index in [1.807, 2.05) is 0 Å². The Kier molecular flexibility index (Phi) is 2.17. The predicted molar refractivity (Wildman–Crippen MR) is 45.5 cm³/mol. The summed E-state index contributed by atoms with van der Waals surface area (Å²) in [5.74, 6) is 1.89. The fourth-order valence-electron chi connectivity index (χ4n) is 2.61. The molecule has 0 aromatic rings. The van der Waals surface area contributed by atoms with Gasteiger partial charge in [0.1, 0.15) is 0 Å². The van der Waals surface area contributed by atoms with Crippen LogP contribution >= 0.6 is 0 Å². The lowest BCUT2D eigenvalue weighted by atomic mass is 9.80. The number of rotatable bonds is 0. The van der Waals surface area contributed by atoms with E-state index < -0.39 is 0 Å². The van der Waals surface area contributed by atoms with Gasteiger partial charge in [-0.2, -0.15) is 0 Å². The first-order valence-corrected chi connectivity index (χ1v) is 4.96. The topological polar surface area (TPSA) is 9.23 Å². The largest absolute Gasteiger partial charge is 0.378 e. The first-order chi connectivity index (χ1) is 5.34. The Labute approximate surface area is 69.1 Å². The first kappa shape index (κ1) is 7.60. The minimum atomic E-state index is 0.531. The van der Waals surface area contributed by atoms with Crippen LogP contribution in [0.25, 0.3) is 0 Å². The minimum absolute atomic E-state index is 0.531. The van der Waals surface area contributed by atoms with Gasteiger partial charge in [0.05, 0.1) is 6.10 Å². The highest BCUT2D eigenvalue weighted by atomic mass is 16.5. The fourth-order valence-corrected chi connectivity index (χ4v) is 2.61. The van der Waals surface area contributed by atoms with Gasteiger partial charge in [0.15, 0.2) is 0 Å². The van der Waals surface area contributed by atoms with Crippen LogP contribution < -0.4 is 0 Å². The standard InChI is InChI=1S/C10H18O/c1-8-5-9-3-2-4-10(6-9)7-11-8/h8-10H,2-7H2,1H3. The molecule has 1 saturated carbocycles. The van der Waals surface area contributed by atoms with E-state index in [4.69, 9.17) is 4.74 Å². The molecule has 3 atom stereocenters. The van der Waals surface area contributed by atoms with Crippen molar-refractivity contribution in [3.8, 4) is 0 Å². The molecule has 0 aromatic carbocycles. The van der Waals surface area contributed by atoms with Crippen molar-refractivity contribution in [1.82, 2.24) is 0 Å². The third kappa shape index (κ3) is 1.76. The quantitative estimate of drug-likeness (QED) is 0.521. The first-order valence-electron chi connectivity index (χ1n) is 4.96. The van der Waals surface area contributed by atoms with Crippen LogP contribution in [0, 0.1) is 11.8 Å². The molecular formula is C10H18O. The highest BCUT2D eigenvalue weighted by molar-refractivity contribution is 4.77. The van der Waals surface area contributed by atoms with E-state index in [1.54, 1.807) is 0 Å². The van der Waals surface area contributed by atoms with Gasteiger partial charge in [-0.25, -0.2) is 0 Å². The van der Waals surface area contributed by atoms with Crippen molar-refractivity contribution in [2.24, 2.45) is 11.8 Å². The zero-order valence-corrected chi connectivity index (χ0v) is 7.38. The molecule has 2 aliphatic rings. The van der Waals surface area contributed by atoms with Crippen molar-refractivity contribution in [2.75, 3.05) is 6.61 Å². The lowest BCUT2D eigenvalue weighted by Gasteiger charge is -2.24. The third-order valence-corrected chi connectivity index (χ3v) is 3.17. The average Bonchev–Trinajstić information content (AvgIpc) is 2.12. The summed E-state index contributed by atoms with van der Waals surface area (Å²) >= 11 is 0. The molecule has 3 unspecified atom stereocenters. The van der Waals surface area contributed by atoms with Crippen LogP contribution in [-0.4, -0.2) is 12.7 Å². The molecule has 1 heterocycles. The van der Waals surface area contributed by atoms with Gasteiger partial charge >= 0.3 is 0 Å². The molecule has 0 amide bonds. The Morgan fingerprint density at radius 3 is 2.82 bits per heavy atom. The maximum atomic E-state index is 5.72. The molecule has 1 saturated heterocycles. The normalized spacial score (nSPS) is 45.0. The van der Waals surface area contributed by atoms with Gasteiger partial charge in [0.25, 0.3) is 0 Å². The summed E-state index contributed by atoms with van der Waals surface area (Å²) in [7, 11) is 0. The molecule has 0 aromatic heterocycles. The summed E-state index contributed by atoms with van der Waals surface area (Å²) in [6.07, 6.45) is 7.63. The van der Waals surface area contributed by atoms with E-state index >= 15 is 0 Å². The molecular weight excluding hydrogens is 136 g/mol. The van der Waals surface area contributed by atoms with Gasteiger partial charge in [-0.3, -0.25) is 0 Å². The number of fused-ring (bicyclic) bond motifs is 2. The lowest BCUT2D eigenvalue weighted by Crippen LogP contribution is -2.15. The summed E-state index contributed by atoms with van der Waals surface area (Å²) in [6.45, 7) is 3.26. The Morgan fingerprint density at radius 2 is 1.91 bits per heavy atom. The number of hydrogen-bond acceptors (Lipinski definition) is 1. The summed E-state index contributed by atoms with van der Waals surface area (Å²) in [5.41, 5.74) is 0. The Balaban J connectivity index is 1.98. The van der Waals surface area contributed by atoms with Crippen molar-refractivity contribution in [3.05, 3.63) is 0 Å². The molecule has 2 fully saturated rings. The maximum absolute atomic E-state index is 5.72. The molecule has 1 aliphatic carbocycles. The van der Waals surface area contributed by atoms with Gasteiger partial charge in [-0.05, 0) is 38.0 Å². The van der Waals surface area contributed by atoms with Gasteiger partial charge < -0.3 is 4.74 Å². The molecule has 64 valence electrons. The molecule has 1 heteroatoms. The molecule has 0 spiro atoms. The van der Waals surface area contributed by atoms with Crippen LogP contribution in [0.3, 0.4) is 0 Å². The minimum Gasteiger partial charge on any atom is -0.378 e. The van der Waals surface area contributed by atoms with E-state index in [1.165, 1.54) is 32.1 Å². The van der Waals surface area contributed by atoms with Crippen molar-refractivity contribution in [1.29, 1.82) is 0 Å².